The highest BCUT2D eigenvalue weighted by molar-refractivity contribution is 5.96. The second-order valence-electron chi connectivity index (χ2n) is 3.07. The summed E-state index contributed by atoms with van der Waals surface area (Å²) < 4.78 is 6.67. The Labute approximate surface area is 81.2 Å². The number of furan rings is 1. The van der Waals surface area contributed by atoms with Gasteiger partial charge in [-0.25, -0.2) is 4.98 Å². The summed E-state index contributed by atoms with van der Waals surface area (Å²) in [5, 5.41) is 0. The third-order valence-electron chi connectivity index (χ3n) is 2.08. The molecule has 0 N–H and O–H groups in total. The van der Waals surface area contributed by atoms with E-state index in [1.54, 1.807) is 12.3 Å². The number of hydrogen-bond donors (Lipinski definition) is 0. The van der Waals surface area contributed by atoms with Crippen LogP contribution in [0.1, 0.15) is 16.2 Å². The summed E-state index contributed by atoms with van der Waals surface area (Å²) in [5.74, 6) is 0.782. The molecule has 2 aromatic rings. The Balaban J connectivity index is 2.13. The molecule has 4 nitrogen and oxygen atoms in total. The van der Waals surface area contributed by atoms with Crippen molar-refractivity contribution >= 4 is 5.78 Å². The number of aromatic nitrogens is 2. The molecule has 72 valence electrons. The lowest BCUT2D eigenvalue weighted by molar-refractivity contribution is 0.0989. The fourth-order valence-electron chi connectivity index (χ4n) is 1.24. The van der Waals surface area contributed by atoms with Gasteiger partial charge in [-0.2, -0.15) is 0 Å². The topological polar surface area (TPSA) is 48.0 Å². The molecule has 2 rings (SSSR count). The molecule has 4 heteroatoms. The molecule has 0 aliphatic heterocycles. The van der Waals surface area contributed by atoms with Crippen LogP contribution >= 0.6 is 0 Å². The first-order valence-corrected chi connectivity index (χ1v) is 4.29. The molecule has 0 aromatic carbocycles. The number of carbonyl (C=O) groups excluding carboxylic acids is 1. The number of hydrogen-bond acceptors (Lipinski definition) is 3. The summed E-state index contributed by atoms with van der Waals surface area (Å²) in [6, 6.07) is 1.66. The van der Waals surface area contributed by atoms with Crippen molar-refractivity contribution in [1.82, 2.24) is 9.55 Å². The van der Waals surface area contributed by atoms with E-state index in [1.807, 2.05) is 17.8 Å². The van der Waals surface area contributed by atoms with Gasteiger partial charge in [0, 0.05) is 19.4 Å². The van der Waals surface area contributed by atoms with E-state index in [-0.39, 0.29) is 5.78 Å². The lowest BCUT2D eigenvalue weighted by atomic mass is 10.1. The van der Waals surface area contributed by atoms with E-state index >= 15 is 0 Å². The second kappa shape index (κ2) is 3.49. The van der Waals surface area contributed by atoms with E-state index < -0.39 is 0 Å². The van der Waals surface area contributed by atoms with Crippen molar-refractivity contribution in [2.45, 2.75) is 6.42 Å². The number of rotatable bonds is 3. The third-order valence-corrected chi connectivity index (χ3v) is 2.08. The highest BCUT2D eigenvalue weighted by Crippen LogP contribution is 2.05. The van der Waals surface area contributed by atoms with Crippen LogP contribution in [0.5, 0.6) is 0 Å². The second-order valence-corrected chi connectivity index (χ2v) is 3.07. The normalized spacial score (nSPS) is 10.4. The van der Waals surface area contributed by atoms with Crippen LogP contribution in [0, 0.1) is 0 Å². The highest BCUT2D eigenvalue weighted by Gasteiger charge is 2.10. The van der Waals surface area contributed by atoms with Gasteiger partial charge in [0.05, 0.1) is 18.2 Å². The first-order valence-electron chi connectivity index (χ1n) is 4.29. The van der Waals surface area contributed by atoms with E-state index in [4.69, 9.17) is 4.42 Å². The molecule has 0 bridgehead atoms. The van der Waals surface area contributed by atoms with Gasteiger partial charge in [-0.3, -0.25) is 4.79 Å². The van der Waals surface area contributed by atoms with E-state index in [9.17, 15) is 4.79 Å². The minimum atomic E-state index is 0.0213. The molecule has 0 aliphatic carbocycles. The Hall–Kier alpha value is -1.84. The van der Waals surface area contributed by atoms with E-state index in [2.05, 4.69) is 4.98 Å². The monoisotopic (exact) mass is 190 g/mol. The molecule has 2 heterocycles. The summed E-state index contributed by atoms with van der Waals surface area (Å²) in [6.45, 7) is 0. The Morgan fingerprint density at radius 2 is 2.50 bits per heavy atom. The van der Waals surface area contributed by atoms with Gasteiger partial charge < -0.3 is 8.98 Å². The van der Waals surface area contributed by atoms with Gasteiger partial charge in [0.2, 0.25) is 0 Å². The molecule has 0 atom stereocenters. The van der Waals surface area contributed by atoms with Crippen molar-refractivity contribution in [3.05, 3.63) is 42.4 Å². The van der Waals surface area contributed by atoms with Crippen molar-refractivity contribution < 1.29 is 9.21 Å². The summed E-state index contributed by atoms with van der Waals surface area (Å²) in [7, 11) is 1.87. The van der Waals surface area contributed by atoms with Crippen molar-refractivity contribution in [3.63, 3.8) is 0 Å². The molecule has 0 unspecified atom stereocenters. The largest absolute Gasteiger partial charge is 0.472 e. The van der Waals surface area contributed by atoms with E-state index in [1.165, 1.54) is 12.5 Å². The highest BCUT2D eigenvalue weighted by atomic mass is 16.3. The maximum Gasteiger partial charge on any atom is 0.173 e. The first kappa shape index (κ1) is 8.74. The predicted octanol–water partition coefficient (Wildman–Crippen LogP) is 1.44. The van der Waals surface area contributed by atoms with E-state index in [0.29, 0.717) is 12.0 Å². The molecule has 0 fully saturated rings. The summed E-state index contributed by atoms with van der Waals surface area (Å²) in [6.07, 6.45) is 6.75. The molecule has 0 aliphatic rings. The molecule has 0 amide bonds. The molecule has 0 saturated carbocycles. The Morgan fingerprint density at radius 3 is 3.07 bits per heavy atom. The van der Waals surface area contributed by atoms with Gasteiger partial charge in [-0.15, -0.1) is 0 Å². The van der Waals surface area contributed by atoms with Gasteiger partial charge >= 0.3 is 0 Å². The van der Waals surface area contributed by atoms with Crippen LogP contribution in [0.15, 0.2) is 35.4 Å². The Kier molecular flexibility index (Phi) is 2.18. The van der Waals surface area contributed by atoms with Gasteiger partial charge in [-0.05, 0) is 6.07 Å². The van der Waals surface area contributed by atoms with Crippen LogP contribution in [-0.2, 0) is 13.5 Å². The van der Waals surface area contributed by atoms with Crippen LogP contribution in [0.3, 0.4) is 0 Å². The molecule has 2 aromatic heterocycles. The van der Waals surface area contributed by atoms with Crippen molar-refractivity contribution in [2.24, 2.45) is 7.05 Å². The Morgan fingerprint density at radius 1 is 1.64 bits per heavy atom. The zero-order chi connectivity index (χ0) is 9.97. The molecule has 14 heavy (non-hydrogen) atoms. The maximum absolute atomic E-state index is 11.6. The molecule has 0 radical (unpaired) electrons. The van der Waals surface area contributed by atoms with Crippen LogP contribution < -0.4 is 0 Å². The lowest BCUT2D eigenvalue weighted by Gasteiger charge is -1.98. The number of imidazole rings is 1. The zero-order valence-electron chi connectivity index (χ0n) is 7.80. The number of carbonyl (C=O) groups is 1. The summed E-state index contributed by atoms with van der Waals surface area (Å²) in [5.41, 5.74) is 0.591. The van der Waals surface area contributed by atoms with Crippen LogP contribution in [0.4, 0.5) is 0 Å². The lowest BCUT2D eigenvalue weighted by Crippen LogP contribution is -2.07. The minimum Gasteiger partial charge on any atom is -0.472 e. The molecular weight excluding hydrogens is 180 g/mol. The maximum atomic E-state index is 11.6. The molecule has 0 spiro atoms. The van der Waals surface area contributed by atoms with Crippen LogP contribution in [0.2, 0.25) is 0 Å². The average molecular weight is 190 g/mol. The van der Waals surface area contributed by atoms with Crippen molar-refractivity contribution in [1.29, 1.82) is 0 Å². The van der Waals surface area contributed by atoms with Gasteiger partial charge in [0.15, 0.2) is 5.78 Å². The van der Waals surface area contributed by atoms with Crippen LogP contribution in [0.25, 0.3) is 0 Å². The van der Waals surface area contributed by atoms with Crippen molar-refractivity contribution in [2.75, 3.05) is 0 Å². The average Bonchev–Trinajstić information content (AvgIpc) is 2.77. The third kappa shape index (κ3) is 1.59. The number of nitrogens with zero attached hydrogens (tertiary/aromatic N) is 2. The number of ketones is 1. The fourth-order valence-corrected chi connectivity index (χ4v) is 1.24. The SMILES string of the molecule is Cn1ccnc1CC(=O)c1ccoc1. The molecule has 0 saturated heterocycles. The Bertz CT molecular complexity index is 429. The van der Waals surface area contributed by atoms with Crippen molar-refractivity contribution in [3.8, 4) is 0 Å². The van der Waals surface area contributed by atoms with Gasteiger partial charge in [0.25, 0.3) is 0 Å². The fraction of sp³-hybridized carbons (Fsp3) is 0.200. The molecular formula is C10H10N2O2. The first-order chi connectivity index (χ1) is 6.77. The zero-order valence-corrected chi connectivity index (χ0v) is 7.80. The predicted molar refractivity (Wildman–Crippen MR) is 50.0 cm³/mol. The smallest absolute Gasteiger partial charge is 0.173 e. The van der Waals surface area contributed by atoms with Gasteiger partial charge in [-0.1, -0.05) is 0 Å². The van der Waals surface area contributed by atoms with Crippen LogP contribution in [-0.4, -0.2) is 15.3 Å². The minimum absolute atomic E-state index is 0.0213. The van der Waals surface area contributed by atoms with Gasteiger partial charge in [0.1, 0.15) is 12.1 Å². The summed E-state index contributed by atoms with van der Waals surface area (Å²) in [4.78, 5) is 15.7. The standard InChI is InChI=1S/C10H10N2O2/c1-12-4-3-11-10(12)6-9(13)8-2-5-14-7-8/h2-5,7H,6H2,1H3. The number of aryl methyl sites for hydroxylation is 1. The quantitative estimate of drug-likeness (QED) is 0.688. The summed E-state index contributed by atoms with van der Waals surface area (Å²) >= 11 is 0. The number of Topliss-reactive ketones (excluding diaryl/α,β-unsaturated/α-hetero) is 1. The van der Waals surface area contributed by atoms with E-state index in [0.717, 1.165) is 5.82 Å².